The third-order valence-corrected chi connectivity index (χ3v) is 3.39. The van der Waals surface area contributed by atoms with Crippen molar-refractivity contribution in [3.8, 4) is 0 Å². The van der Waals surface area contributed by atoms with Crippen LogP contribution in [0.3, 0.4) is 0 Å². The molecule has 19 heavy (non-hydrogen) atoms. The summed E-state index contributed by atoms with van der Waals surface area (Å²) in [5.41, 5.74) is 2.26. The monoisotopic (exact) mass is 258 g/mol. The maximum absolute atomic E-state index is 5.95. The minimum absolute atomic E-state index is 0.146. The van der Waals surface area contributed by atoms with Crippen LogP contribution in [0.2, 0.25) is 0 Å². The molecule has 1 saturated heterocycles. The molecule has 1 aromatic carbocycles. The molecule has 0 amide bonds. The van der Waals surface area contributed by atoms with E-state index in [0.717, 1.165) is 18.5 Å². The number of benzene rings is 1. The quantitative estimate of drug-likeness (QED) is 0.897. The average Bonchev–Trinajstić information content (AvgIpc) is 3.10. The predicted molar refractivity (Wildman–Crippen MR) is 71.5 cm³/mol. The average molecular weight is 258 g/mol. The summed E-state index contributed by atoms with van der Waals surface area (Å²) >= 11 is 0. The van der Waals surface area contributed by atoms with Crippen molar-refractivity contribution >= 4 is 0 Å². The van der Waals surface area contributed by atoms with Crippen molar-refractivity contribution in [2.75, 3.05) is 6.61 Å². The molecular weight excluding hydrogens is 240 g/mol. The fourth-order valence-electron chi connectivity index (χ4n) is 2.38. The molecule has 2 atom stereocenters. The number of nitrogens with one attached hydrogen (secondary N) is 1. The van der Waals surface area contributed by atoms with Gasteiger partial charge in [-0.25, -0.2) is 4.98 Å². The molecule has 0 bridgehead atoms. The lowest BCUT2D eigenvalue weighted by Crippen LogP contribution is -2.14. The molecule has 4 heteroatoms. The summed E-state index contributed by atoms with van der Waals surface area (Å²) in [6.45, 7) is 1.30. The predicted octanol–water partition coefficient (Wildman–Crippen LogP) is 2.85. The van der Waals surface area contributed by atoms with Gasteiger partial charge in [0.15, 0.2) is 0 Å². The Kier molecular flexibility index (Phi) is 3.91. The first-order valence-electron chi connectivity index (χ1n) is 6.67. The fraction of sp³-hybridized carbons (Fsp3) is 0.400. The van der Waals surface area contributed by atoms with Gasteiger partial charge in [-0.2, -0.15) is 0 Å². The number of nitrogens with zero attached hydrogens (tertiary/aromatic N) is 1. The molecule has 0 radical (unpaired) electrons. The van der Waals surface area contributed by atoms with Crippen LogP contribution in [0.4, 0.5) is 0 Å². The second-order valence-electron chi connectivity index (χ2n) is 4.83. The van der Waals surface area contributed by atoms with Gasteiger partial charge in [0.05, 0.1) is 43.6 Å². The Hall–Kier alpha value is -1.65. The third-order valence-electron chi connectivity index (χ3n) is 3.39. The Bertz CT molecular complexity index is 484. The highest BCUT2D eigenvalue weighted by Gasteiger charge is 2.27. The fourth-order valence-corrected chi connectivity index (χ4v) is 2.38. The number of hydrogen-bond acceptors (Lipinski definition) is 3. The number of aromatic amines is 1. The van der Waals surface area contributed by atoms with Gasteiger partial charge < -0.3 is 14.5 Å². The van der Waals surface area contributed by atoms with Gasteiger partial charge in [0.1, 0.15) is 0 Å². The molecule has 2 aromatic rings. The van der Waals surface area contributed by atoms with Crippen LogP contribution in [-0.4, -0.2) is 22.7 Å². The molecule has 0 unspecified atom stereocenters. The van der Waals surface area contributed by atoms with E-state index in [9.17, 15) is 0 Å². The van der Waals surface area contributed by atoms with Gasteiger partial charge in [-0.05, 0) is 18.4 Å². The van der Waals surface area contributed by atoms with Crippen molar-refractivity contribution in [3.05, 3.63) is 54.1 Å². The van der Waals surface area contributed by atoms with Crippen molar-refractivity contribution in [2.45, 2.75) is 31.7 Å². The van der Waals surface area contributed by atoms with Crippen LogP contribution in [0, 0.1) is 0 Å². The highest BCUT2D eigenvalue weighted by molar-refractivity contribution is 5.13. The smallest absolute Gasteiger partial charge is 0.0994 e. The topological polar surface area (TPSA) is 47.1 Å². The zero-order valence-electron chi connectivity index (χ0n) is 10.8. The molecule has 1 aliphatic rings. The largest absolute Gasteiger partial charge is 0.374 e. The van der Waals surface area contributed by atoms with E-state index in [0.29, 0.717) is 13.2 Å². The standard InChI is InChI=1S/C15H18N2O2/c1-2-4-12(5-3-1)9-18-10-13-6-7-15(19-13)14-8-16-11-17-14/h1-5,8,11,13,15H,6-7,9-10H2,(H,16,17)/t13-,15+/m1/s1. The van der Waals surface area contributed by atoms with E-state index in [1.54, 1.807) is 6.33 Å². The number of aromatic nitrogens is 2. The molecule has 1 N–H and O–H groups in total. The molecule has 3 rings (SSSR count). The summed E-state index contributed by atoms with van der Waals surface area (Å²) in [6, 6.07) is 10.2. The van der Waals surface area contributed by atoms with Gasteiger partial charge in [-0.15, -0.1) is 0 Å². The van der Waals surface area contributed by atoms with E-state index < -0.39 is 0 Å². The highest BCUT2D eigenvalue weighted by atomic mass is 16.5. The molecule has 0 spiro atoms. The molecule has 1 aromatic heterocycles. The molecule has 1 aliphatic heterocycles. The minimum atomic E-state index is 0.146. The summed E-state index contributed by atoms with van der Waals surface area (Å²) in [6.07, 6.45) is 5.93. The van der Waals surface area contributed by atoms with E-state index in [1.165, 1.54) is 5.56 Å². The van der Waals surface area contributed by atoms with E-state index in [2.05, 4.69) is 22.1 Å². The van der Waals surface area contributed by atoms with Crippen LogP contribution in [0.5, 0.6) is 0 Å². The van der Waals surface area contributed by atoms with Crippen LogP contribution in [0.1, 0.15) is 30.2 Å². The first kappa shape index (κ1) is 12.4. The molecule has 2 heterocycles. The Morgan fingerprint density at radius 3 is 2.95 bits per heavy atom. The summed E-state index contributed by atoms with van der Waals surface area (Å²) in [5.74, 6) is 0. The van der Waals surface area contributed by atoms with Crippen molar-refractivity contribution in [1.82, 2.24) is 9.97 Å². The number of hydrogen-bond donors (Lipinski definition) is 1. The van der Waals surface area contributed by atoms with Crippen LogP contribution >= 0.6 is 0 Å². The lowest BCUT2D eigenvalue weighted by molar-refractivity contribution is -0.0215. The molecular formula is C15H18N2O2. The summed E-state index contributed by atoms with van der Waals surface area (Å²) < 4.78 is 11.7. The van der Waals surface area contributed by atoms with Crippen LogP contribution < -0.4 is 0 Å². The molecule has 100 valence electrons. The van der Waals surface area contributed by atoms with Crippen LogP contribution in [0.25, 0.3) is 0 Å². The van der Waals surface area contributed by atoms with E-state index in [-0.39, 0.29) is 12.2 Å². The summed E-state index contributed by atoms with van der Waals surface area (Å²) in [5, 5.41) is 0. The van der Waals surface area contributed by atoms with E-state index in [4.69, 9.17) is 9.47 Å². The molecule has 1 fully saturated rings. The zero-order valence-corrected chi connectivity index (χ0v) is 10.8. The molecule has 0 aliphatic carbocycles. The SMILES string of the molecule is c1ccc(COC[C@H]2CC[C@@H](c3cnc[nH]3)O2)cc1. The Balaban J connectivity index is 1.43. The van der Waals surface area contributed by atoms with Gasteiger partial charge in [-0.3, -0.25) is 0 Å². The van der Waals surface area contributed by atoms with Crippen molar-refractivity contribution in [2.24, 2.45) is 0 Å². The number of imidazole rings is 1. The van der Waals surface area contributed by atoms with Crippen molar-refractivity contribution in [3.63, 3.8) is 0 Å². The number of rotatable bonds is 5. The van der Waals surface area contributed by atoms with Gasteiger partial charge in [0.2, 0.25) is 0 Å². The Labute approximate surface area is 112 Å². The second-order valence-corrected chi connectivity index (χ2v) is 4.83. The van der Waals surface area contributed by atoms with Crippen molar-refractivity contribution < 1.29 is 9.47 Å². The Morgan fingerprint density at radius 2 is 2.16 bits per heavy atom. The van der Waals surface area contributed by atoms with Crippen LogP contribution in [-0.2, 0) is 16.1 Å². The van der Waals surface area contributed by atoms with E-state index >= 15 is 0 Å². The maximum Gasteiger partial charge on any atom is 0.0994 e. The first-order valence-corrected chi connectivity index (χ1v) is 6.67. The van der Waals surface area contributed by atoms with Gasteiger partial charge in [0, 0.05) is 0 Å². The third kappa shape index (κ3) is 3.22. The minimum Gasteiger partial charge on any atom is -0.374 e. The second kappa shape index (κ2) is 5.99. The molecule has 0 saturated carbocycles. The summed E-state index contributed by atoms with van der Waals surface area (Å²) in [7, 11) is 0. The van der Waals surface area contributed by atoms with Crippen LogP contribution in [0.15, 0.2) is 42.9 Å². The zero-order chi connectivity index (χ0) is 12.9. The first-order chi connectivity index (χ1) is 9.42. The molecule has 4 nitrogen and oxygen atoms in total. The van der Waals surface area contributed by atoms with E-state index in [1.807, 2.05) is 24.4 Å². The van der Waals surface area contributed by atoms with Gasteiger partial charge in [-0.1, -0.05) is 30.3 Å². The maximum atomic E-state index is 5.95. The number of H-pyrrole nitrogens is 1. The Morgan fingerprint density at radius 1 is 1.26 bits per heavy atom. The van der Waals surface area contributed by atoms with Gasteiger partial charge in [0.25, 0.3) is 0 Å². The lowest BCUT2D eigenvalue weighted by atomic mass is 10.1. The van der Waals surface area contributed by atoms with Crippen molar-refractivity contribution in [1.29, 1.82) is 0 Å². The lowest BCUT2D eigenvalue weighted by Gasteiger charge is -2.13. The van der Waals surface area contributed by atoms with Gasteiger partial charge >= 0.3 is 0 Å². The number of ether oxygens (including phenoxy) is 2. The highest BCUT2D eigenvalue weighted by Crippen LogP contribution is 2.31. The normalized spacial score (nSPS) is 22.7. The summed E-state index contributed by atoms with van der Waals surface area (Å²) in [4.78, 5) is 7.13.